The van der Waals surface area contributed by atoms with Gasteiger partial charge in [0, 0.05) is 87.5 Å². The van der Waals surface area contributed by atoms with Gasteiger partial charge >= 0.3 is 6.01 Å². The van der Waals surface area contributed by atoms with Gasteiger partial charge in [0.05, 0.1) is 28.7 Å². The monoisotopic (exact) mass is 1130 g/mol. The number of aromatic nitrogens is 3. The zero-order valence-corrected chi connectivity index (χ0v) is 46.5. The number of hydrogen-bond acceptors (Lipinski definition) is 13. The van der Waals surface area contributed by atoms with Crippen LogP contribution >= 0.6 is 0 Å². The molecule has 0 radical (unpaired) electrons. The third-order valence-electron chi connectivity index (χ3n) is 16.2. The maximum absolute atomic E-state index is 17.1. The van der Waals surface area contributed by atoms with Crippen molar-refractivity contribution in [1.29, 1.82) is 0 Å². The topological polar surface area (TPSA) is 195 Å². The number of ether oxygens (including phenoxy) is 2. The van der Waals surface area contributed by atoms with Gasteiger partial charge < -0.3 is 45.4 Å². The molecule has 0 aliphatic carbocycles. The minimum Gasteiger partial charge on any atom is -0.508 e. The maximum atomic E-state index is 17.1. The number of anilines is 1. The molecular weight excluding hydrogens is 1060 g/mol. The summed E-state index contributed by atoms with van der Waals surface area (Å²) in [6.45, 7) is 11.0. The van der Waals surface area contributed by atoms with E-state index in [2.05, 4.69) is 41.6 Å². The van der Waals surface area contributed by atoms with E-state index in [-0.39, 0.29) is 95.1 Å². The zero-order chi connectivity index (χ0) is 58.0. The van der Waals surface area contributed by atoms with Crippen LogP contribution in [0.25, 0.3) is 44.1 Å². The maximum Gasteiger partial charge on any atom is 0.319 e. The molecule has 0 saturated carbocycles. The second kappa shape index (κ2) is 24.6. The number of piperazine rings is 1. The number of β-amino-alcohol motifs (C(OH)–C–C–N with tert-alkyl or cyclic N) is 1. The number of benzene rings is 4. The van der Waals surface area contributed by atoms with Crippen LogP contribution in [0.1, 0.15) is 96.2 Å². The van der Waals surface area contributed by atoms with E-state index < -0.39 is 64.7 Å². The highest BCUT2D eigenvalue weighted by Crippen LogP contribution is 2.40. The average molecular weight is 1130 g/mol. The molecule has 6 aromatic rings. The van der Waals surface area contributed by atoms with Gasteiger partial charge in [0.2, 0.25) is 17.7 Å². The number of phenols is 1. The predicted molar refractivity (Wildman–Crippen MR) is 303 cm³/mol. The van der Waals surface area contributed by atoms with Crippen LogP contribution in [0.2, 0.25) is 0 Å². The van der Waals surface area contributed by atoms with Crippen molar-refractivity contribution in [3.8, 4) is 46.5 Å². The standard InChI is InChI=1S/C62H69F4N9O7/c1-6-44-47(63)22-19-38-27-42(76)28-45(52(38)44)55-54(66)56-46(30-67-55)58(74-31-39-20-21-40(32-74)69-39)72-61(71-56)82-34-41-11-8-23-73(41)24-10-26-81-25-9-14-51(78)70-57(62(3,4)5)60(80)75-33-43(77)29-50(75)59(79)68-35(2)36-15-17-37(18-16-36)53-48(64)12-7-13-49(53)65/h1,7,12-13,15-19,22,27-28,30,35,39-41,43,50,57,69,76-77H,8-11,14,20-21,23-26,29,31-34H2,2-5H3,(H,68,79)(H,70,78)/t35-,39?,40?,41-,43+,50-,57+/m0/s1. The second-order valence-corrected chi connectivity index (χ2v) is 23.1. The van der Waals surface area contributed by atoms with Crippen LogP contribution in [0.5, 0.6) is 11.8 Å². The number of halogens is 4. The summed E-state index contributed by atoms with van der Waals surface area (Å²) < 4.78 is 73.4. The van der Waals surface area contributed by atoms with Crippen molar-refractivity contribution in [2.24, 2.45) is 5.41 Å². The van der Waals surface area contributed by atoms with Crippen molar-refractivity contribution in [3.63, 3.8) is 0 Å². The molecule has 7 atom stereocenters. The molecule has 10 rings (SSSR count). The summed E-state index contributed by atoms with van der Waals surface area (Å²) in [6.07, 6.45) is 11.4. The molecule has 6 heterocycles. The summed E-state index contributed by atoms with van der Waals surface area (Å²) >= 11 is 0. The number of terminal acetylenes is 1. The van der Waals surface area contributed by atoms with E-state index >= 15 is 8.78 Å². The Kier molecular flexibility index (Phi) is 17.3. The normalized spacial score (nSPS) is 20.8. The number of pyridine rings is 1. The number of phenolic OH excluding ortho intramolecular Hbond substituents is 1. The van der Waals surface area contributed by atoms with Gasteiger partial charge in [-0.2, -0.15) is 9.97 Å². The smallest absolute Gasteiger partial charge is 0.319 e. The molecule has 2 unspecified atom stereocenters. The molecule has 3 amide bonds. The van der Waals surface area contributed by atoms with E-state index in [1.165, 1.54) is 53.6 Å². The van der Waals surface area contributed by atoms with Gasteiger partial charge in [-0.25, -0.2) is 17.6 Å². The van der Waals surface area contributed by atoms with Gasteiger partial charge in [0.1, 0.15) is 58.9 Å². The quantitative estimate of drug-likeness (QED) is 0.0297. The van der Waals surface area contributed by atoms with Gasteiger partial charge in [-0.3, -0.25) is 24.3 Å². The molecule has 20 heteroatoms. The number of amides is 3. The van der Waals surface area contributed by atoms with Crippen molar-refractivity contribution >= 4 is 45.2 Å². The molecule has 4 aliphatic heterocycles. The first kappa shape index (κ1) is 57.8. The molecule has 4 aliphatic rings. The van der Waals surface area contributed by atoms with Gasteiger partial charge in [0.15, 0.2) is 5.82 Å². The number of aliphatic hydroxyl groups is 1. The fraction of sp³-hybridized carbons (Fsp3) is 0.452. The number of aliphatic hydroxyl groups excluding tert-OH is 1. The van der Waals surface area contributed by atoms with E-state index in [9.17, 15) is 33.4 Å². The Morgan fingerprint density at radius 3 is 2.37 bits per heavy atom. The third-order valence-corrected chi connectivity index (χ3v) is 16.2. The summed E-state index contributed by atoms with van der Waals surface area (Å²) in [4.78, 5) is 61.2. The molecule has 4 aromatic carbocycles. The van der Waals surface area contributed by atoms with Crippen LogP contribution in [-0.2, 0) is 19.1 Å². The first-order valence-corrected chi connectivity index (χ1v) is 28.2. The number of likely N-dealkylation sites (tertiary alicyclic amines) is 2. The molecule has 2 aromatic heterocycles. The molecule has 82 heavy (non-hydrogen) atoms. The minimum absolute atomic E-state index is 0.00869. The fourth-order valence-electron chi connectivity index (χ4n) is 12.1. The number of rotatable bonds is 19. The van der Waals surface area contributed by atoms with E-state index in [0.717, 1.165) is 32.2 Å². The highest BCUT2D eigenvalue weighted by Gasteiger charge is 2.45. The Hall–Kier alpha value is -7.44. The molecule has 4 fully saturated rings. The van der Waals surface area contributed by atoms with Crippen molar-refractivity contribution < 1.29 is 51.6 Å². The zero-order valence-electron chi connectivity index (χ0n) is 46.5. The van der Waals surface area contributed by atoms with Crippen LogP contribution in [0.3, 0.4) is 0 Å². The van der Waals surface area contributed by atoms with Crippen LogP contribution in [0, 0.1) is 41.0 Å². The highest BCUT2D eigenvalue weighted by atomic mass is 19.1. The Morgan fingerprint density at radius 2 is 1.65 bits per heavy atom. The summed E-state index contributed by atoms with van der Waals surface area (Å²) in [7, 11) is 0. The number of carbonyl (C=O) groups is 3. The summed E-state index contributed by atoms with van der Waals surface area (Å²) in [5.41, 5.74) is -0.0277. The number of carbonyl (C=O) groups excluding carboxylic acids is 3. The molecule has 0 spiro atoms. The lowest BCUT2D eigenvalue weighted by Gasteiger charge is -2.35. The summed E-state index contributed by atoms with van der Waals surface area (Å²) in [6, 6.07) is 13.6. The Morgan fingerprint density at radius 1 is 0.915 bits per heavy atom. The Bertz CT molecular complexity index is 3380. The van der Waals surface area contributed by atoms with Gasteiger partial charge in [-0.1, -0.05) is 63.1 Å². The summed E-state index contributed by atoms with van der Waals surface area (Å²) in [5, 5.41) is 31.9. The number of nitrogens with one attached hydrogen (secondary N) is 3. The lowest BCUT2D eigenvalue weighted by molar-refractivity contribution is -0.144. The van der Waals surface area contributed by atoms with Crippen LogP contribution in [0.15, 0.2) is 72.9 Å². The average Bonchev–Trinajstić information content (AvgIpc) is 2.00. The largest absolute Gasteiger partial charge is 0.508 e. The summed E-state index contributed by atoms with van der Waals surface area (Å²) in [5.74, 6) is -1.43. The first-order valence-electron chi connectivity index (χ1n) is 28.2. The molecule has 2 bridgehead atoms. The first-order chi connectivity index (χ1) is 39.3. The van der Waals surface area contributed by atoms with Crippen LogP contribution in [0.4, 0.5) is 23.4 Å². The van der Waals surface area contributed by atoms with E-state index in [4.69, 9.17) is 20.9 Å². The van der Waals surface area contributed by atoms with E-state index in [1.807, 2.05) is 20.8 Å². The second-order valence-electron chi connectivity index (χ2n) is 23.1. The number of nitrogens with zero attached hydrogens (tertiary/aromatic N) is 6. The molecule has 432 valence electrons. The number of aromatic hydroxyl groups is 1. The Labute approximate surface area is 474 Å². The number of fused-ring (bicyclic) bond motifs is 4. The van der Waals surface area contributed by atoms with Crippen molar-refractivity contribution in [2.45, 2.75) is 121 Å². The molecule has 5 N–H and O–H groups in total. The van der Waals surface area contributed by atoms with E-state index in [0.29, 0.717) is 73.4 Å². The Balaban J connectivity index is 0.715. The highest BCUT2D eigenvalue weighted by molar-refractivity contribution is 6.03. The lowest BCUT2D eigenvalue weighted by Crippen LogP contribution is -2.57. The fourth-order valence-corrected chi connectivity index (χ4v) is 12.1. The van der Waals surface area contributed by atoms with Crippen LogP contribution < -0.4 is 25.6 Å². The van der Waals surface area contributed by atoms with Gasteiger partial charge in [-0.15, -0.1) is 6.42 Å². The molecule has 16 nitrogen and oxygen atoms in total. The molecule has 4 saturated heterocycles. The van der Waals surface area contributed by atoms with Crippen LogP contribution in [-0.4, -0.2) is 142 Å². The SMILES string of the molecule is C#Cc1c(F)ccc2cc(O)cc(-c3ncc4c(N5CC6CCC(C5)N6)nc(OC[C@@H]5CCCN5CCCOCCCC(=O)N[C@H](C(=O)N5C[C@H](O)C[C@H]5C(=O)N[C@@H](C)c5ccc(-c6c(F)cccc6F)cc5)C(C)(C)C)nc4c3F)c12. The van der Waals surface area contributed by atoms with E-state index in [1.54, 1.807) is 31.2 Å². The third kappa shape index (κ3) is 12.5. The minimum atomic E-state index is -1.00. The lowest BCUT2D eigenvalue weighted by atomic mass is 9.85. The predicted octanol–water partition coefficient (Wildman–Crippen LogP) is 8.10. The number of hydrogen-bond donors (Lipinski definition) is 5. The van der Waals surface area contributed by atoms with Crippen molar-refractivity contribution in [3.05, 3.63) is 107 Å². The van der Waals surface area contributed by atoms with Gasteiger partial charge in [0.25, 0.3) is 0 Å². The van der Waals surface area contributed by atoms with Crippen molar-refractivity contribution in [2.75, 3.05) is 57.4 Å². The molecular formula is C62H69F4N9O7. The van der Waals surface area contributed by atoms with Crippen molar-refractivity contribution in [1.82, 2.24) is 40.7 Å². The van der Waals surface area contributed by atoms with Gasteiger partial charge in [-0.05, 0) is 104 Å².